The molecule has 2 aromatic carbocycles. The summed E-state index contributed by atoms with van der Waals surface area (Å²) in [4.78, 5) is 56.9. The molecule has 45 heavy (non-hydrogen) atoms. The third kappa shape index (κ3) is 7.30. The number of aryl methyl sites for hydroxylation is 1. The molecule has 2 unspecified atom stereocenters. The average Bonchev–Trinajstić information content (AvgIpc) is 3.36. The van der Waals surface area contributed by atoms with E-state index in [-0.39, 0.29) is 41.7 Å². The molecular weight excluding hydrogens is 604 g/mol. The quantitative estimate of drug-likeness (QED) is 0.201. The van der Waals surface area contributed by atoms with Crippen molar-refractivity contribution in [2.75, 3.05) is 0 Å². The first kappa shape index (κ1) is 33.9. The van der Waals surface area contributed by atoms with Gasteiger partial charge < -0.3 is 26.7 Å². The summed E-state index contributed by atoms with van der Waals surface area (Å²) in [6, 6.07) is 6.34. The number of nitrogens with two attached hydrogens (primary N) is 1. The van der Waals surface area contributed by atoms with Crippen molar-refractivity contribution in [1.29, 1.82) is 0 Å². The summed E-state index contributed by atoms with van der Waals surface area (Å²) < 4.78 is 28.7. The van der Waals surface area contributed by atoms with Gasteiger partial charge in [0.15, 0.2) is 0 Å². The van der Waals surface area contributed by atoms with Crippen LogP contribution in [0, 0.1) is 23.5 Å². The molecule has 4 rings (SSSR count). The van der Waals surface area contributed by atoms with Crippen molar-refractivity contribution in [2.45, 2.75) is 83.8 Å². The molecule has 0 spiro atoms. The Kier molecular flexibility index (Phi) is 10.5. The maximum Gasteiger partial charge on any atom is 0.246 e. The molecule has 1 heterocycles. The number of carbonyl (C=O) groups excluding carboxylic acids is 4. The number of halogens is 3. The van der Waals surface area contributed by atoms with Gasteiger partial charge in [0.2, 0.25) is 23.6 Å². The highest BCUT2D eigenvalue weighted by molar-refractivity contribution is 6.35. The molecule has 0 radical (unpaired) electrons. The Morgan fingerprint density at radius 2 is 1.69 bits per heavy atom. The maximum absolute atomic E-state index is 14.5. The van der Waals surface area contributed by atoms with Crippen LogP contribution in [0.5, 0.6) is 0 Å². The number of hydrogen-bond donors (Lipinski definition) is 5. The summed E-state index contributed by atoms with van der Waals surface area (Å²) >= 11 is 6.33. The number of primary amides is 1. The van der Waals surface area contributed by atoms with Gasteiger partial charge in [-0.05, 0) is 54.0 Å². The summed E-state index contributed by atoms with van der Waals surface area (Å²) in [6.45, 7) is 7.30. The van der Waals surface area contributed by atoms with Crippen LogP contribution in [0.1, 0.15) is 63.8 Å². The van der Waals surface area contributed by atoms with Crippen molar-refractivity contribution >= 4 is 46.1 Å². The molecule has 1 aliphatic rings. The Balaban J connectivity index is 1.70. The van der Waals surface area contributed by atoms with Gasteiger partial charge >= 0.3 is 0 Å². The van der Waals surface area contributed by atoms with Crippen LogP contribution in [0.4, 0.5) is 8.78 Å². The zero-order valence-electron chi connectivity index (χ0n) is 25.9. The second kappa shape index (κ2) is 14.0. The van der Waals surface area contributed by atoms with E-state index in [0.29, 0.717) is 35.7 Å². The van der Waals surface area contributed by atoms with Crippen LogP contribution in [0.25, 0.3) is 10.9 Å². The SMILES string of the molecule is CCC(C)[C@H](NC(=O)Cc1ccccc1F)C(=O)N[C@]1(C(=O)NC(C(N)=O)[C@@H](C)CC)CCc2[nH]c3c(Cl)cc(F)cc3c2C1. The second-order valence-corrected chi connectivity index (χ2v) is 12.5. The van der Waals surface area contributed by atoms with Gasteiger partial charge in [0.1, 0.15) is 29.3 Å². The van der Waals surface area contributed by atoms with Gasteiger partial charge in [-0.3, -0.25) is 19.2 Å². The lowest BCUT2D eigenvalue weighted by Crippen LogP contribution is -2.67. The predicted molar refractivity (Wildman–Crippen MR) is 168 cm³/mol. The smallest absolute Gasteiger partial charge is 0.246 e. The van der Waals surface area contributed by atoms with Crippen molar-refractivity contribution in [3.8, 4) is 0 Å². The molecule has 6 N–H and O–H groups in total. The normalized spacial score (nSPS) is 18.7. The fourth-order valence-corrected chi connectivity index (χ4v) is 6.15. The van der Waals surface area contributed by atoms with E-state index in [1.807, 2.05) is 13.8 Å². The van der Waals surface area contributed by atoms with E-state index in [0.717, 1.165) is 5.69 Å². The standard InChI is InChI=1S/C33H40ClF2N5O4/c1-5-17(3)27(30(37)43)40-32(45)33(12-11-25-22(16-33)21-14-20(35)15-23(34)29(21)38-25)41-31(44)28(18(4)6-2)39-26(42)13-19-9-7-8-10-24(19)36/h7-10,14-15,17-18,27-28,38H,5-6,11-13,16H2,1-4H3,(H2,37,43)(H,39,42)(H,40,45)(H,41,44)/t17-,18?,27?,28-,33+/m0/s1. The molecule has 0 saturated carbocycles. The zero-order chi connectivity index (χ0) is 33.1. The minimum Gasteiger partial charge on any atom is -0.368 e. The van der Waals surface area contributed by atoms with Crippen LogP contribution < -0.4 is 21.7 Å². The number of nitrogens with one attached hydrogen (secondary N) is 4. The molecule has 1 aliphatic carbocycles. The van der Waals surface area contributed by atoms with Crippen LogP contribution >= 0.6 is 11.6 Å². The highest BCUT2D eigenvalue weighted by Crippen LogP contribution is 2.37. The highest BCUT2D eigenvalue weighted by atomic mass is 35.5. The number of aromatic amines is 1. The molecule has 4 amide bonds. The Bertz CT molecular complexity index is 1610. The van der Waals surface area contributed by atoms with Gasteiger partial charge in [-0.25, -0.2) is 8.78 Å². The topological polar surface area (TPSA) is 146 Å². The highest BCUT2D eigenvalue weighted by Gasteiger charge is 2.46. The fourth-order valence-electron chi connectivity index (χ4n) is 5.89. The van der Waals surface area contributed by atoms with Gasteiger partial charge in [0.25, 0.3) is 0 Å². The fraction of sp³-hybridized carbons (Fsp3) is 0.455. The molecule has 3 aromatic rings. The molecular formula is C33H40ClF2N5O4. The van der Waals surface area contributed by atoms with E-state index in [4.69, 9.17) is 17.3 Å². The summed E-state index contributed by atoms with van der Waals surface area (Å²) in [6.07, 6.45) is 1.18. The minimum atomic E-state index is -1.58. The largest absolute Gasteiger partial charge is 0.368 e. The van der Waals surface area contributed by atoms with Crippen molar-refractivity contribution < 1.29 is 28.0 Å². The summed E-state index contributed by atoms with van der Waals surface area (Å²) in [5, 5.41) is 9.09. The first-order valence-electron chi connectivity index (χ1n) is 15.2. The van der Waals surface area contributed by atoms with Crippen molar-refractivity contribution in [3.63, 3.8) is 0 Å². The molecule has 12 heteroatoms. The molecule has 0 saturated heterocycles. The minimum absolute atomic E-state index is 0.0396. The number of amides is 4. The van der Waals surface area contributed by atoms with E-state index in [1.165, 1.54) is 30.3 Å². The maximum atomic E-state index is 14.5. The summed E-state index contributed by atoms with van der Waals surface area (Å²) in [5.41, 5.74) is 6.13. The number of rotatable bonds is 12. The zero-order valence-corrected chi connectivity index (χ0v) is 26.6. The van der Waals surface area contributed by atoms with Crippen LogP contribution in [0.3, 0.4) is 0 Å². The molecule has 0 fully saturated rings. The first-order chi connectivity index (χ1) is 21.3. The summed E-state index contributed by atoms with van der Waals surface area (Å²) in [7, 11) is 0. The molecule has 0 aliphatic heterocycles. The van der Waals surface area contributed by atoms with Crippen molar-refractivity contribution in [1.82, 2.24) is 20.9 Å². The van der Waals surface area contributed by atoms with Crippen molar-refractivity contribution in [2.24, 2.45) is 17.6 Å². The molecule has 1 aromatic heterocycles. The number of aromatic nitrogens is 1. The van der Waals surface area contributed by atoms with E-state index in [1.54, 1.807) is 19.9 Å². The van der Waals surface area contributed by atoms with E-state index >= 15 is 0 Å². The van der Waals surface area contributed by atoms with Crippen LogP contribution in [0.15, 0.2) is 36.4 Å². The van der Waals surface area contributed by atoms with Gasteiger partial charge in [-0.1, -0.05) is 70.3 Å². The van der Waals surface area contributed by atoms with Gasteiger partial charge in [-0.2, -0.15) is 0 Å². The molecule has 0 bridgehead atoms. The third-order valence-electron chi connectivity index (χ3n) is 9.02. The number of hydrogen-bond acceptors (Lipinski definition) is 4. The number of fused-ring (bicyclic) bond motifs is 3. The monoisotopic (exact) mass is 643 g/mol. The lowest BCUT2D eigenvalue weighted by molar-refractivity contribution is -0.138. The molecule has 5 atom stereocenters. The van der Waals surface area contributed by atoms with Crippen molar-refractivity contribution in [3.05, 3.63) is 69.9 Å². The average molecular weight is 644 g/mol. The summed E-state index contributed by atoms with van der Waals surface area (Å²) in [5.74, 6) is -4.24. The second-order valence-electron chi connectivity index (χ2n) is 12.1. The van der Waals surface area contributed by atoms with Crippen LogP contribution in [-0.4, -0.2) is 46.2 Å². The molecule has 242 valence electrons. The number of carbonyl (C=O) groups is 4. The van der Waals surface area contributed by atoms with E-state index in [2.05, 4.69) is 20.9 Å². The lowest BCUT2D eigenvalue weighted by Gasteiger charge is -2.39. The van der Waals surface area contributed by atoms with Crippen LogP contribution in [0.2, 0.25) is 5.02 Å². The molecule has 9 nitrogen and oxygen atoms in total. The van der Waals surface area contributed by atoms with Gasteiger partial charge in [0, 0.05) is 17.5 Å². The number of H-pyrrole nitrogens is 1. The Morgan fingerprint density at radius 3 is 2.33 bits per heavy atom. The third-order valence-corrected chi connectivity index (χ3v) is 9.32. The first-order valence-corrected chi connectivity index (χ1v) is 15.6. The predicted octanol–water partition coefficient (Wildman–Crippen LogP) is 4.23. The Labute approximate surface area is 266 Å². The lowest BCUT2D eigenvalue weighted by atomic mass is 9.78. The van der Waals surface area contributed by atoms with Crippen LogP contribution in [-0.2, 0) is 38.4 Å². The Morgan fingerprint density at radius 1 is 1.02 bits per heavy atom. The van der Waals surface area contributed by atoms with E-state index in [9.17, 15) is 28.0 Å². The number of benzene rings is 2. The Hall–Kier alpha value is -3.99. The van der Waals surface area contributed by atoms with Gasteiger partial charge in [0.05, 0.1) is 17.0 Å². The van der Waals surface area contributed by atoms with E-state index < -0.39 is 52.9 Å². The van der Waals surface area contributed by atoms with Gasteiger partial charge in [-0.15, -0.1) is 0 Å².